The van der Waals surface area contributed by atoms with Gasteiger partial charge in [0, 0.05) is 17.0 Å². The molecule has 102 valence electrons. The first-order chi connectivity index (χ1) is 9.10. The summed E-state index contributed by atoms with van der Waals surface area (Å²) in [4.78, 5) is 22.0. The second-order valence-electron chi connectivity index (χ2n) is 5.14. The van der Waals surface area contributed by atoms with Crippen molar-refractivity contribution < 1.29 is 4.79 Å². The first-order valence-corrected chi connectivity index (χ1v) is 6.83. The maximum absolute atomic E-state index is 11.9. The van der Waals surface area contributed by atoms with Crippen LogP contribution in [-0.2, 0) is 4.79 Å². The van der Waals surface area contributed by atoms with Gasteiger partial charge in [-0.3, -0.25) is 4.79 Å². The molecule has 0 saturated heterocycles. The Morgan fingerprint density at radius 2 is 2.05 bits per heavy atom. The van der Waals surface area contributed by atoms with Crippen LogP contribution in [0.2, 0.25) is 5.02 Å². The summed E-state index contributed by atoms with van der Waals surface area (Å²) >= 11 is 5.85. The molecule has 1 fully saturated rings. The SMILES string of the molecule is C[C@H](CN=O)NC(=O)C1CC(c2ccc(Cl)cc2)C1. The molecule has 1 aliphatic rings. The quantitative estimate of drug-likeness (QED) is 0.843. The van der Waals surface area contributed by atoms with Crippen LogP contribution >= 0.6 is 11.6 Å². The van der Waals surface area contributed by atoms with Crippen LogP contribution in [0, 0.1) is 10.8 Å². The van der Waals surface area contributed by atoms with Crippen molar-refractivity contribution in [2.75, 3.05) is 6.54 Å². The second-order valence-corrected chi connectivity index (χ2v) is 5.57. The molecule has 19 heavy (non-hydrogen) atoms. The molecule has 1 aromatic carbocycles. The summed E-state index contributed by atoms with van der Waals surface area (Å²) in [5.74, 6) is 0.517. The maximum Gasteiger partial charge on any atom is 0.223 e. The minimum absolute atomic E-state index is 0.0290. The van der Waals surface area contributed by atoms with Crippen molar-refractivity contribution in [2.45, 2.75) is 31.7 Å². The van der Waals surface area contributed by atoms with Crippen LogP contribution in [0.25, 0.3) is 0 Å². The molecule has 1 saturated carbocycles. The summed E-state index contributed by atoms with van der Waals surface area (Å²) in [6, 6.07) is 7.60. The maximum atomic E-state index is 11.9. The highest BCUT2D eigenvalue weighted by Gasteiger charge is 2.35. The van der Waals surface area contributed by atoms with Gasteiger partial charge in [0.25, 0.3) is 0 Å². The summed E-state index contributed by atoms with van der Waals surface area (Å²) < 4.78 is 0. The lowest BCUT2D eigenvalue weighted by Gasteiger charge is -2.35. The molecule has 1 N–H and O–H groups in total. The number of rotatable bonds is 5. The van der Waals surface area contributed by atoms with Crippen molar-refractivity contribution in [3.63, 3.8) is 0 Å². The molecular formula is C14H17ClN2O2. The zero-order valence-electron chi connectivity index (χ0n) is 10.8. The van der Waals surface area contributed by atoms with Gasteiger partial charge < -0.3 is 5.32 Å². The van der Waals surface area contributed by atoms with Crippen LogP contribution in [0.15, 0.2) is 29.4 Å². The van der Waals surface area contributed by atoms with Crippen molar-refractivity contribution in [1.29, 1.82) is 0 Å². The van der Waals surface area contributed by atoms with Gasteiger partial charge in [-0.25, -0.2) is 0 Å². The smallest absolute Gasteiger partial charge is 0.223 e. The van der Waals surface area contributed by atoms with Crippen LogP contribution in [0.4, 0.5) is 0 Å². The van der Waals surface area contributed by atoms with Gasteiger partial charge in [-0.05, 0) is 43.4 Å². The molecule has 1 aromatic rings. The van der Waals surface area contributed by atoms with E-state index in [1.165, 1.54) is 5.56 Å². The highest BCUT2D eigenvalue weighted by Crippen LogP contribution is 2.41. The van der Waals surface area contributed by atoms with E-state index < -0.39 is 0 Å². The number of halogens is 1. The zero-order chi connectivity index (χ0) is 13.8. The Kier molecular flexibility index (Phi) is 4.53. The van der Waals surface area contributed by atoms with E-state index in [0.717, 1.165) is 17.9 Å². The highest BCUT2D eigenvalue weighted by molar-refractivity contribution is 6.30. The van der Waals surface area contributed by atoms with Gasteiger partial charge in [0.05, 0.1) is 0 Å². The molecule has 4 nitrogen and oxygen atoms in total. The van der Waals surface area contributed by atoms with E-state index >= 15 is 0 Å². The summed E-state index contributed by atoms with van der Waals surface area (Å²) in [5.41, 5.74) is 1.23. The van der Waals surface area contributed by atoms with Gasteiger partial charge in [-0.1, -0.05) is 28.9 Å². The predicted octanol–water partition coefficient (Wildman–Crippen LogP) is 3.10. The van der Waals surface area contributed by atoms with Crippen LogP contribution in [0.3, 0.4) is 0 Å². The Morgan fingerprint density at radius 1 is 1.42 bits per heavy atom. The normalized spacial score (nSPS) is 23.3. The molecule has 0 aliphatic heterocycles. The van der Waals surface area contributed by atoms with E-state index in [1.54, 1.807) is 6.92 Å². The summed E-state index contributed by atoms with van der Waals surface area (Å²) in [5, 5.41) is 6.32. The van der Waals surface area contributed by atoms with Crippen molar-refractivity contribution in [2.24, 2.45) is 11.1 Å². The predicted molar refractivity (Wildman–Crippen MR) is 75.2 cm³/mol. The first-order valence-electron chi connectivity index (χ1n) is 6.45. The van der Waals surface area contributed by atoms with E-state index in [9.17, 15) is 9.70 Å². The minimum Gasteiger partial charge on any atom is -0.351 e. The number of nitroso groups, excluding NO2 is 1. The number of hydrogen-bond donors (Lipinski definition) is 1. The molecule has 0 bridgehead atoms. The highest BCUT2D eigenvalue weighted by atomic mass is 35.5. The van der Waals surface area contributed by atoms with Gasteiger partial charge in [-0.15, -0.1) is 0 Å². The molecule has 0 heterocycles. The van der Waals surface area contributed by atoms with Crippen LogP contribution in [0.5, 0.6) is 0 Å². The molecule has 1 amide bonds. The summed E-state index contributed by atoms with van der Waals surface area (Å²) in [7, 11) is 0. The fourth-order valence-electron chi connectivity index (χ4n) is 2.36. The van der Waals surface area contributed by atoms with E-state index in [4.69, 9.17) is 11.6 Å². The molecule has 0 radical (unpaired) electrons. The monoisotopic (exact) mass is 280 g/mol. The molecule has 5 heteroatoms. The second kappa shape index (κ2) is 6.15. The topological polar surface area (TPSA) is 58.5 Å². The number of nitrogens with zero attached hydrogens (tertiary/aromatic N) is 1. The van der Waals surface area contributed by atoms with Gasteiger partial charge in [0.2, 0.25) is 5.91 Å². The zero-order valence-corrected chi connectivity index (χ0v) is 11.6. The summed E-state index contributed by atoms with van der Waals surface area (Å²) in [6.07, 6.45) is 1.71. The average Bonchev–Trinajstić information content (AvgIpc) is 2.30. The van der Waals surface area contributed by atoms with Gasteiger partial charge in [0.1, 0.15) is 6.54 Å². The molecule has 1 aliphatic carbocycles. The third kappa shape index (κ3) is 3.53. The van der Waals surface area contributed by atoms with Crippen molar-refractivity contribution in [3.8, 4) is 0 Å². The van der Waals surface area contributed by atoms with E-state index in [2.05, 4.69) is 10.5 Å². The fraction of sp³-hybridized carbons (Fsp3) is 0.500. The number of carbonyl (C=O) groups is 1. The lowest BCUT2D eigenvalue weighted by molar-refractivity contribution is -0.128. The van der Waals surface area contributed by atoms with E-state index in [0.29, 0.717) is 5.92 Å². The Bertz CT molecular complexity index is 455. The first kappa shape index (κ1) is 14.0. The molecule has 0 aromatic heterocycles. The van der Waals surface area contributed by atoms with E-state index in [1.807, 2.05) is 24.3 Å². The third-order valence-corrected chi connectivity index (χ3v) is 3.84. The molecule has 0 unspecified atom stereocenters. The Morgan fingerprint density at radius 3 is 2.63 bits per heavy atom. The molecular weight excluding hydrogens is 264 g/mol. The van der Waals surface area contributed by atoms with Crippen molar-refractivity contribution in [1.82, 2.24) is 5.32 Å². The number of nitrogens with one attached hydrogen (secondary N) is 1. The van der Waals surface area contributed by atoms with Crippen molar-refractivity contribution >= 4 is 17.5 Å². The molecule has 2 rings (SSSR count). The summed E-state index contributed by atoms with van der Waals surface area (Å²) in [6.45, 7) is 1.91. The van der Waals surface area contributed by atoms with Crippen LogP contribution < -0.4 is 5.32 Å². The third-order valence-electron chi connectivity index (χ3n) is 3.59. The Hall–Kier alpha value is -1.42. The van der Waals surface area contributed by atoms with Gasteiger partial charge in [-0.2, -0.15) is 4.91 Å². The number of carbonyl (C=O) groups excluding carboxylic acids is 1. The minimum atomic E-state index is -0.181. The standard InChI is InChI=1S/C14H17ClN2O2/c1-9(8-16-19)17-14(18)12-6-11(7-12)10-2-4-13(15)5-3-10/h2-5,9,11-12H,6-8H2,1H3,(H,17,18)/t9-,11?,12?/m1/s1. The Balaban J connectivity index is 1.81. The van der Waals surface area contributed by atoms with E-state index in [-0.39, 0.29) is 24.4 Å². The van der Waals surface area contributed by atoms with Crippen LogP contribution in [-0.4, -0.2) is 18.5 Å². The fourth-order valence-corrected chi connectivity index (χ4v) is 2.48. The lowest BCUT2D eigenvalue weighted by Crippen LogP contribution is -2.42. The van der Waals surface area contributed by atoms with Gasteiger partial charge in [0.15, 0.2) is 0 Å². The Labute approximate surface area is 117 Å². The number of amides is 1. The molecule has 0 spiro atoms. The average molecular weight is 281 g/mol. The lowest BCUT2D eigenvalue weighted by atomic mass is 9.71. The van der Waals surface area contributed by atoms with Crippen molar-refractivity contribution in [3.05, 3.63) is 39.8 Å². The molecule has 1 atom stereocenters. The largest absolute Gasteiger partial charge is 0.351 e. The number of benzene rings is 1. The van der Waals surface area contributed by atoms with Crippen LogP contribution in [0.1, 0.15) is 31.2 Å². The van der Waals surface area contributed by atoms with Gasteiger partial charge >= 0.3 is 0 Å². The number of hydrogen-bond acceptors (Lipinski definition) is 3.